The Balaban J connectivity index is 1.65. The molecule has 2 atom stereocenters. The Morgan fingerprint density at radius 2 is 1.84 bits per heavy atom. The smallest absolute Gasteiger partial charge is 0.247 e. The summed E-state index contributed by atoms with van der Waals surface area (Å²) in [7, 11) is 0.253. The molecule has 0 saturated carbocycles. The van der Waals surface area contributed by atoms with Gasteiger partial charge in [0.2, 0.25) is 16.0 Å². The molecule has 0 N–H and O–H groups in total. The number of anilines is 1. The standard InChI is InChI=1S/C22H31N5O3S/c1-4-17-15-23-22(24-16-17)26-11-9-18-19(10-12-26)30-20-7-5-6-8-21(20)31(28,29)27(18)14-13-25(2)3/h5-8,15-16,18-19H,4,9-14H2,1-3H3/t18-,19-/m0/s1. The van der Waals surface area contributed by atoms with Gasteiger partial charge in [0.05, 0.1) is 6.04 Å². The number of aromatic nitrogens is 2. The van der Waals surface area contributed by atoms with Gasteiger partial charge in [-0.2, -0.15) is 4.31 Å². The molecule has 0 amide bonds. The third-order valence-electron chi connectivity index (χ3n) is 6.04. The van der Waals surface area contributed by atoms with Crippen LogP contribution >= 0.6 is 0 Å². The third-order valence-corrected chi connectivity index (χ3v) is 8.01. The number of benzene rings is 1. The summed E-state index contributed by atoms with van der Waals surface area (Å²) in [6.07, 6.45) is 5.77. The normalized spacial score (nSPS) is 23.4. The van der Waals surface area contributed by atoms with Crippen LogP contribution in [0.3, 0.4) is 0 Å². The van der Waals surface area contributed by atoms with Gasteiger partial charge in [-0.3, -0.25) is 0 Å². The van der Waals surface area contributed by atoms with E-state index in [1.165, 1.54) is 0 Å². The number of hydrogen-bond donors (Lipinski definition) is 0. The number of likely N-dealkylation sites (N-methyl/N-ethyl adjacent to an activating group) is 1. The van der Waals surface area contributed by atoms with Crippen LogP contribution in [0.15, 0.2) is 41.6 Å². The number of fused-ring (bicyclic) bond motifs is 2. The molecule has 2 aliphatic rings. The Kier molecular flexibility index (Phi) is 6.45. The Labute approximate surface area is 184 Å². The van der Waals surface area contributed by atoms with Crippen LogP contribution < -0.4 is 9.64 Å². The quantitative estimate of drug-likeness (QED) is 0.697. The first-order valence-corrected chi connectivity index (χ1v) is 12.3. The van der Waals surface area contributed by atoms with Crippen LogP contribution in [0.2, 0.25) is 0 Å². The molecule has 0 unspecified atom stereocenters. The van der Waals surface area contributed by atoms with Crippen molar-refractivity contribution in [3.05, 3.63) is 42.2 Å². The average molecular weight is 446 g/mol. The van der Waals surface area contributed by atoms with Crippen LogP contribution in [-0.2, 0) is 16.4 Å². The van der Waals surface area contributed by atoms with Gasteiger partial charge >= 0.3 is 0 Å². The van der Waals surface area contributed by atoms with Crippen molar-refractivity contribution in [2.45, 2.75) is 43.2 Å². The minimum atomic E-state index is -3.66. The first-order chi connectivity index (χ1) is 14.9. The van der Waals surface area contributed by atoms with Crippen molar-refractivity contribution in [1.82, 2.24) is 19.2 Å². The Morgan fingerprint density at radius 3 is 2.55 bits per heavy atom. The van der Waals surface area contributed by atoms with Gasteiger partial charge in [-0.15, -0.1) is 0 Å². The van der Waals surface area contributed by atoms with Gasteiger partial charge in [-0.1, -0.05) is 19.1 Å². The van der Waals surface area contributed by atoms with Crippen molar-refractivity contribution in [3.8, 4) is 5.75 Å². The summed E-state index contributed by atoms with van der Waals surface area (Å²) >= 11 is 0. The Morgan fingerprint density at radius 1 is 1.13 bits per heavy atom. The van der Waals surface area contributed by atoms with E-state index in [2.05, 4.69) is 21.8 Å². The summed E-state index contributed by atoms with van der Waals surface area (Å²) in [4.78, 5) is 13.5. The number of para-hydroxylation sites is 1. The largest absolute Gasteiger partial charge is 0.487 e. The molecular formula is C22H31N5O3S. The average Bonchev–Trinajstić information content (AvgIpc) is 3.01. The lowest BCUT2D eigenvalue weighted by Crippen LogP contribution is -2.49. The summed E-state index contributed by atoms with van der Waals surface area (Å²) in [5.74, 6) is 1.14. The first kappa shape index (κ1) is 22.0. The van der Waals surface area contributed by atoms with Gasteiger partial charge in [0.25, 0.3) is 0 Å². The van der Waals surface area contributed by atoms with Crippen LogP contribution in [0, 0.1) is 0 Å². The van der Waals surface area contributed by atoms with Crippen LogP contribution in [0.4, 0.5) is 5.95 Å². The van der Waals surface area contributed by atoms with E-state index in [1.54, 1.807) is 22.5 Å². The molecular weight excluding hydrogens is 414 g/mol. The van der Waals surface area contributed by atoms with E-state index in [4.69, 9.17) is 4.74 Å². The highest BCUT2D eigenvalue weighted by Gasteiger charge is 2.43. The van der Waals surface area contributed by atoms with Crippen molar-refractivity contribution in [2.24, 2.45) is 0 Å². The number of rotatable bonds is 5. The number of nitrogens with zero attached hydrogens (tertiary/aromatic N) is 5. The molecule has 1 aromatic heterocycles. The van der Waals surface area contributed by atoms with Gasteiger partial charge in [0.1, 0.15) is 16.7 Å². The lowest BCUT2D eigenvalue weighted by atomic mass is 10.1. The molecule has 3 heterocycles. The van der Waals surface area contributed by atoms with E-state index in [0.717, 1.165) is 18.5 Å². The Hall–Kier alpha value is -2.23. The van der Waals surface area contributed by atoms with E-state index in [1.807, 2.05) is 37.5 Å². The highest BCUT2D eigenvalue weighted by atomic mass is 32.2. The second-order valence-corrected chi connectivity index (χ2v) is 10.3. The molecule has 4 rings (SSSR count). The maximum atomic E-state index is 13.6. The number of hydrogen-bond acceptors (Lipinski definition) is 7. The Bertz CT molecular complexity index is 996. The summed E-state index contributed by atoms with van der Waals surface area (Å²) in [6.45, 7) is 4.55. The zero-order chi connectivity index (χ0) is 22.0. The molecule has 0 bridgehead atoms. The second-order valence-electron chi connectivity index (χ2n) is 8.40. The van der Waals surface area contributed by atoms with Gasteiger partial charge in [-0.25, -0.2) is 18.4 Å². The minimum Gasteiger partial charge on any atom is -0.487 e. The summed E-state index contributed by atoms with van der Waals surface area (Å²) in [5.41, 5.74) is 1.10. The predicted octanol–water partition coefficient (Wildman–Crippen LogP) is 2.02. The van der Waals surface area contributed by atoms with E-state index in [9.17, 15) is 8.42 Å². The summed E-state index contributed by atoms with van der Waals surface area (Å²) < 4.78 is 35.2. The van der Waals surface area contributed by atoms with Crippen LogP contribution in [0.1, 0.15) is 25.3 Å². The molecule has 0 radical (unpaired) electrons. The molecule has 1 fully saturated rings. The molecule has 0 aliphatic carbocycles. The molecule has 2 aromatic rings. The first-order valence-electron chi connectivity index (χ1n) is 10.9. The molecule has 1 saturated heterocycles. The molecule has 0 spiro atoms. The predicted molar refractivity (Wildman–Crippen MR) is 120 cm³/mol. The maximum Gasteiger partial charge on any atom is 0.247 e. The number of ether oxygens (including phenoxy) is 1. The zero-order valence-electron chi connectivity index (χ0n) is 18.4. The fourth-order valence-corrected chi connectivity index (χ4v) is 6.03. The van der Waals surface area contributed by atoms with Gasteiger partial charge in [-0.05, 0) is 44.6 Å². The molecule has 31 heavy (non-hydrogen) atoms. The highest BCUT2D eigenvalue weighted by Crippen LogP contribution is 2.36. The molecule has 2 aliphatic heterocycles. The van der Waals surface area contributed by atoms with Crippen LogP contribution in [-0.4, -0.2) is 80.0 Å². The van der Waals surface area contributed by atoms with Gasteiger partial charge < -0.3 is 14.5 Å². The van der Waals surface area contributed by atoms with E-state index in [-0.39, 0.29) is 17.0 Å². The molecule has 168 valence electrons. The fourth-order valence-electron chi connectivity index (χ4n) is 4.23. The van der Waals surface area contributed by atoms with Crippen molar-refractivity contribution in [1.29, 1.82) is 0 Å². The number of sulfonamides is 1. The van der Waals surface area contributed by atoms with E-state index < -0.39 is 10.0 Å². The topological polar surface area (TPSA) is 78.9 Å². The summed E-state index contributed by atoms with van der Waals surface area (Å²) in [6, 6.07) is 6.75. The van der Waals surface area contributed by atoms with Crippen molar-refractivity contribution in [3.63, 3.8) is 0 Å². The lowest BCUT2D eigenvalue weighted by Gasteiger charge is -2.32. The summed E-state index contributed by atoms with van der Waals surface area (Å²) in [5, 5.41) is 0. The van der Waals surface area contributed by atoms with Crippen LogP contribution in [0.25, 0.3) is 0 Å². The third kappa shape index (κ3) is 4.53. The van der Waals surface area contributed by atoms with Gasteiger partial charge in [0, 0.05) is 45.0 Å². The van der Waals surface area contributed by atoms with Gasteiger partial charge in [0.15, 0.2) is 0 Å². The fraction of sp³-hybridized carbons (Fsp3) is 0.545. The zero-order valence-corrected chi connectivity index (χ0v) is 19.3. The highest BCUT2D eigenvalue weighted by molar-refractivity contribution is 7.89. The second kappa shape index (κ2) is 9.10. The number of aryl methyl sites for hydroxylation is 1. The molecule has 1 aromatic carbocycles. The monoisotopic (exact) mass is 445 g/mol. The van der Waals surface area contributed by atoms with E-state index >= 15 is 0 Å². The van der Waals surface area contributed by atoms with E-state index in [0.29, 0.717) is 44.2 Å². The maximum absolute atomic E-state index is 13.6. The SMILES string of the molecule is CCc1cnc(N2CC[C@@H]3Oc4ccccc4S(=O)(=O)N(CCN(C)C)[C@H]3CC2)nc1. The minimum absolute atomic E-state index is 0.222. The molecule has 8 nitrogen and oxygen atoms in total. The van der Waals surface area contributed by atoms with Crippen molar-refractivity contribution < 1.29 is 13.2 Å². The van der Waals surface area contributed by atoms with Crippen molar-refractivity contribution >= 4 is 16.0 Å². The molecule has 9 heteroatoms. The van der Waals surface area contributed by atoms with Crippen molar-refractivity contribution in [2.75, 3.05) is 45.2 Å². The van der Waals surface area contributed by atoms with Crippen LogP contribution in [0.5, 0.6) is 5.75 Å². The lowest BCUT2D eigenvalue weighted by molar-refractivity contribution is 0.110.